The number of hydrogen-bond acceptors (Lipinski definition) is 3. The minimum Gasteiger partial charge on any atom is -0.453 e. The number of nitrogens with zero attached hydrogens (tertiary/aromatic N) is 1. The van der Waals surface area contributed by atoms with Gasteiger partial charge < -0.3 is 9.73 Å². The van der Waals surface area contributed by atoms with Gasteiger partial charge >= 0.3 is 6.18 Å². The molecular formula is C12H16BrF3N2O. The third-order valence-electron chi connectivity index (χ3n) is 3.13. The van der Waals surface area contributed by atoms with Crippen LogP contribution in [0.5, 0.6) is 0 Å². The van der Waals surface area contributed by atoms with Crippen molar-refractivity contribution in [3.05, 3.63) is 22.6 Å². The fourth-order valence-electron chi connectivity index (χ4n) is 2.32. The van der Waals surface area contributed by atoms with Gasteiger partial charge in [-0.15, -0.1) is 0 Å². The van der Waals surface area contributed by atoms with Crippen LogP contribution in [0.15, 0.2) is 21.2 Å². The Kier molecular flexibility index (Phi) is 4.92. The highest BCUT2D eigenvalue weighted by Gasteiger charge is 2.34. The Bertz CT molecular complexity index is 408. The molecule has 108 valence electrons. The summed E-state index contributed by atoms with van der Waals surface area (Å²) in [4.78, 5) is 1.47. The van der Waals surface area contributed by atoms with Gasteiger partial charge in [0.15, 0.2) is 4.67 Å². The summed E-state index contributed by atoms with van der Waals surface area (Å²) in [7, 11) is 0. The molecule has 1 aromatic rings. The first-order valence-corrected chi connectivity index (χ1v) is 6.96. The summed E-state index contributed by atoms with van der Waals surface area (Å²) in [5, 5.41) is 3.22. The van der Waals surface area contributed by atoms with Gasteiger partial charge in [-0.05, 0) is 53.5 Å². The number of nitrogens with one attached hydrogen (secondary N) is 1. The first-order valence-electron chi connectivity index (χ1n) is 6.16. The van der Waals surface area contributed by atoms with E-state index in [1.807, 2.05) is 12.1 Å². The van der Waals surface area contributed by atoms with Crippen LogP contribution in [0.25, 0.3) is 0 Å². The minimum absolute atomic E-state index is 0.278. The van der Waals surface area contributed by atoms with Crippen LogP contribution >= 0.6 is 15.9 Å². The Hall–Kier alpha value is -0.530. The van der Waals surface area contributed by atoms with Crippen LogP contribution in [-0.2, 0) is 6.54 Å². The summed E-state index contributed by atoms with van der Waals surface area (Å²) >= 11 is 3.22. The van der Waals surface area contributed by atoms with Crippen molar-refractivity contribution >= 4 is 15.9 Å². The fourth-order valence-corrected chi connectivity index (χ4v) is 2.66. The molecule has 1 aliphatic rings. The highest BCUT2D eigenvalue weighted by Crippen LogP contribution is 2.22. The van der Waals surface area contributed by atoms with Gasteiger partial charge in [-0.3, -0.25) is 4.90 Å². The SMILES string of the molecule is FC(F)(F)CN1CCC(CNCc2ccc(Br)o2)C1. The van der Waals surface area contributed by atoms with Gasteiger partial charge in [0, 0.05) is 6.54 Å². The summed E-state index contributed by atoms with van der Waals surface area (Å²) in [6, 6.07) is 3.68. The highest BCUT2D eigenvalue weighted by molar-refractivity contribution is 9.10. The fraction of sp³-hybridized carbons (Fsp3) is 0.667. The largest absolute Gasteiger partial charge is 0.453 e. The zero-order valence-electron chi connectivity index (χ0n) is 10.3. The molecular weight excluding hydrogens is 325 g/mol. The maximum absolute atomic E-state index is 12.2. The lowest BCUT2D eigenvalue weighted by molar-refractivity contribution is -0.143. The molecule has 1 unspecified atom stereocenters. The van der Waals surface area contributed by atoms with Gasteiger partial charge in [-0.2, -0.15) is 13.2 Å². The number of halogens is 4. The molecule has 1 N–H and O–H groups in total. The van der Waals surface area contributed by atoms with Crippen molar-refractivity contribution in [3.8, 4) is 0 Å². The summed E-state index contributed by atoms with van der Waals surface area (Å²) < 4.78 is 42.7. The van der Waals surface area contributed by atoms with E-state index >= 15 is 0 Å². The van der Waals surface area contributed by atoms with Gasteiger partial charge in [0.05, 0.1) is 13.1 Å². The molecule has 2 heterocycles. The number of rotatable bonds is 5. The van der Waals surface area contributed by atoms with E-state index in [0.717, 1.165) is 12.2 Å². The number of alkyl halides is 3. The van der Waals surface area contributed by atoms with E-state index in [4.69, 9.17) is 4.42 Å². The van der Waals surface area contributed by atoms with Crippen LogP contribution in [0.2, 0.25) is 0 Å². The molecule has 1 aromatic heterocycles. The molecule has 0 saturated carbocycles. The number of furan rings is 1. The Morgan fingerprint density at radius 2 is 2.21 bits per heavy atom. The van der Waals surface area contributed by atoms with E-state index in [-0.39, 0.29) is 5.92 Å². The lowest BCUT2D eigenvalue weighted by atomic mass is 10.1. The summed E-state index contributed by atoms with van der Waals surface area (Å²) in [5.74, 6) is 1.10. The normalized spacial score (nSPS) is 21.2. The van der Waals surface area contributed by atoms with Crippen LogP contribution in [0.3, 0.4) is 0 Å². The maximum Gasteiger partial charge on any atom is 0.401 e. The molecule has 0 spiro atoms. The minimum atomic E-state index is -4.09. The van der Waals surface area contributed by atoms with E-state index in [1.54, 1.807) is 0 Å². The summed E-state index contributed by atoms with van der Waals surface area (Å²) in [5.41, 5.74) is 0. The van der Waals surface area contributed by atoms with Crippen molar-refractivity contribution in [1.82, 2.24) is 10.2 Å². The van der Waals surface area contributed by atoms with Gasteiger partial charge in [-0.1, -0.05) is 0 Å². The van der Waals surface area contributed by atoms with Crippen molar-refractivity contribution < 1.29 is 17.6 Å². The van der Waals surface area contributed by atoms with Crippen molar-refractivity contribution in [1.29, 1.82) is 0 Å². The molecule has 19 heavy (non-hydrogen) atoms. The van der Waals surface area contributed by atoms with Crippen molar-refractivity contribution in [3.63, 3.8) is 0 Å². The molecule has 1 saturated heterocycles. The number of hydrogen-bond donors (Lipinski definition) is 1. The van der Waals surface area contributed by atoms with Crippen LogP contribution in [0, 0.1) is 5.92 Å². The van der Waals surface area contributed by atoms with Crippen molar-refractivity contribution in [2.45, 2.75) is 19.1 Å². The molecule has 0 bridgehead atoms. The molecule has 1 atom stereocenters. The molecule has 7 heteroatoms. The predicted molar refractivity (Wildman–Crippen MR) is 68.7 cm³/mol. The average molecular weight is 341 g/mol. The first kappa shape index (κ1) is 14.9. The van der Waals surface area contributed by atoms with E-state index in [0.29, 0.717) is 30.8 Å². The Morgan fingerprint density at radius 1 is 1.42 bits per heavy atom. The molecule has 0 radical (unpaired) electrons. The van der Waals surface area contributed by atoms with Crippen molar-refractivity contribution in [2.24, 2.45) is 5.92 Å². The van der Waals surface area contributed by atoms with Gasteiger partial charge in [-0.25, -0.2) is 0 Å². The molecule has 3 nitrogen and oxygen atoms in total. The molecule has 0 aromatic carbocycles. The summed E-state index contributed by atoms with van der Waals surface area (Å²) in [6.45, 7) is 1.55. The zero-order valence-corrected chi connectivity index (χ0v) is 11.9. The number of likely N-dealkylation sites (tertiary alicyclic amines) is 1. The average Bonchev–Trinajstić information content (AvgIpc) is 2.86. The van der Waals surface area contributed by atoms with Gasteiger partial charge in [0.2, 0.25) is 0 Å². The first-order chi connectivity index (χ1) is 8.92. The Balaban J connectivity index is 1.65. The second-order valence-electron chi connectivity index (χ2n) is 4.84. The van der Waals surface area contributed by atoms with Gasteiger partial charge in [0.1, 0.15) is 5.76 Å². The van der Waals surface area contributed by atoms with Crippen LogP contribution in [-0.4, -0.2) is 37.3 Å². The topological polar surface area (TPSA) is 28.4 Å². The highest BCUT2D eigenvalue weighted by atomic mass is 79.9. The molecule has 2 rings (SSSR count). The zero-order chi connectivity index (χ0) is 13.9. The predicted octanol–water partition coefficient (Wildman–Crippen LogP) is 3.02. The third-order valence-corrected chi connectivity index (χ3v) is 3.56. The van der Waals surface area contributed by atoms with E-state index in [9.17, 15) is 13.2 Å². The second kappa shape index (κ2) is 6.28. The third kappa shape index (κ3) is 5.16. The van der Waals surface area contributed by atoms with Crippen LogP contribution in [0.1, 0.15) is 12.2 Å². The maximum atomic E-state index is 12.2. The Morgan fingerprint density at radius 3 is 2.84 bits per heavy atom. The smallest absolute Gasteiger partial charge is 0.401 e. The second-order valence-corrected chi connectivity index (χ2v) is 5.62. The van der Waals surface area contributed by atoms with E-state index in [2.05, 4.69) is 21.2 Å². The van der Waals surface area contributed by atoms with Crippen molar-refractivity contribution in [2.75, 3.05) is 26.2 Å². The van der Waals surface area contributed by atoms with E-state index < -0.39 is 12.7 Å². The van der Waals surface area contributed by atoms with Crippen LogP contribution in [0.4, 0.5) is 13.2 Å². The quantitative estimate of drug-likeness (QED) is 0.893. The lowest BCUT2D eigenvalue weighted by Crippen LogP contribution is -2.33. The summed E-state index contributed by atoms with van der Waals surface area (Å²) in [6.07, 6.45) is -3.28. The molecule has 1 fully saturated rings. The van der Waals surface area contributed by atoms with E-state index in [1.165, 1.54) is 4.90 Å². The van der Waals surface area contributed by atoms with Gasteiger partial charge in [0.25, 0.3) is 0 Å². The Labute approximate surface area is 118 Å². The standard InChI is InChI=1S/C12H16BrF3N2O/c13-11-2-1-10(19-11)6-17-5-9-3-4-18(7-9)8-12(14,15)16/h1-2,9,17H,3-8H2. The van der Waals surface area contributed by atoms with Crippen LogP contribution < -0.4 is 5.32 Å². The molecule has 0 aliphatic carbocycles. The monoisotopic (exact) mass is 340 g/mol. The molecule has 0 amide bonds. The molecule has 1 aliphatic heterocycles. The lowest BCUT2D eigenvalue weighted by Gasteiger charge is -2.17.